The van der Waals surface area contributed by atoms with E-state index < -0.39 is 72.1 Å². The van der Waals surface area contributed by atoms with Crippen LogP contribution in [0, 0.1) is 35.5 Å². The number of azide groups is 1. The van der Waals surface area contributed by atoms with Crippen molar-refractivity contribution in [3.05, 3.63) is 40.3 Å². The first-order valence-electron chi connectivity index (χ1n) is 32.2. The maximum absolute atomic E-state index is 14.5. The molecule has 1 aromatic carbocycles. The Balaban J connectivity index is 1.57. The van der Waals surface area contributed by atoms with Gasteiger partial charge in [-0.2, -0.15) is 0 Å². The summed E-state index contributed by atoms with van der Waals surface area (Å²) >= 11 is 0. The Labute approximate surface area is 524 Å². The molecule has 2 saturated heterocycles. The number of unbranched alkanes of at least 4 members (excludes halogenated alkanes) is 4. The van der Waals surface area contributed by atoms with Crippen LogP contribution in [-0.4, -0.2) is 196 Å². The summed E-state index contributed by atoms with van der Waals surface area (Å²) in [4.78, 5) is 131. The fourth-order valence-electron chi connectivity index (χ4n) is 12.2. The summed E-state index contributed by atoms with van der Waals surface area (Å²) in [5.74, 6) is -4.33. The fraction of sp³-hybridized carbons (Fsp3) is 0.766. The van der Waals surface area contributed by atoms with E-state index in [1.807, 2.05) is 60.5 Å². The van der Waals surface area contributed by atoms with Crippen molar-refractivity contribution in [3.63, 3.8) is 0 Å². The molecule has 0 radical (unpaired) electrons. The highest BCUT2D eigenvalue weighted by Crippen LogP contribution is 2.30. The number of benzene rings is 1. The Morgan fingerprint density at radius 3 is 1.93 bits per heavy atom. The largest absolute Gasteiger partial charge is 0.379 e. The average molecular weight is 1240 g/mol. The smallest absolute Gasteiger partial charge is 0.245 e. The topological polar surface area (TPSA) is 306 Å². The van der Waals surface area contributed by atoms with Crippen molar-refractivity contribution in [2.45, 2.75) is 208 Å². The number of ether oxygens (including phenoxy) is 2. The summed E-state index contributed by atoms with van der Waals surface area (Å²) < 4.78 is 12.1. The van der Waals surface area contributed by atoms with E-state index in [0.29, 0.717) is 64.0 Å². The fourth-order valence-corrected chi connectivity index (χ4v) is 12.2. The molecule has 0 bridgehead atoms. The summed E-state index contributed by atoms with van der Waals surface area (Å²) in [7, 11) is 8.42. The number of hydrogen-bond donors (Lipinski definition) is 6. The minimum absolute atomic E-state index is 0.00457. The van der Waals surface area contributed by atoms with Crippen LogP contribution in [0.1, 0.15) is 158 Å². The van der Waals surface area contributed by atoms with Crippen molar-refractivity contribution >= 4 is 58.9 Å². The van der Waals surface area contributed by atoms with Crippen LogP contribution in [0.5, 0.6) is 0 Å². The normalized spacial score (nSPS) is 17.6. The van der Waals surface area contributed by atoms with Crippen molar-refractivity contribution in [3.8, 4) is 0 Å². The number of piperidine rings is 1. The Morgan fingerprint density at radius 2 is 1.36 bits per heavy atom. The van der Waals surface area contributed by atoms with Gasteiger partial charge in [0.25, 0.3) is 0 Å². The van der Waals surface area contributed by atoms with Crippen LogP contribution in [0.3, 0.4) is 0 Å². The first-order chi connectivity index (χ1) is 41.7. The first kappa shape index (κ1) is 75.9. The molecule has 3 rings (SSSR count). The van der Waals surface area contributed by atoms with Crippen molar-refractivity contribution in [2.75, 3.05) is 79.9 Å². The van der Waals surface area contributed by atoms with Gasteiger partial charge in [0, 0.05) is 89.4 Å². The van der Waals surface area contributed by atoms with E-state index in [0.717, 1.165) is 24.8 Å². The van der Waals surface area contributed by atoms with Crippen molar-refractivity contribution in [1.29, 1.82) is 0 Å². The van der Waals surface area contributed by atoms with E-state index in [9.17, 15) is 48.7 Å². The van der Waals surface area contributed by atoms with Crippen LogP contribution in [0.4, 0.5) is 5.69 Å². The highest BCUT2D eigenvalue weighted by Gasteiger charge is 2.44. The first-order valence-corrected chi connectivity index (χ1v) is 32.2. The molecular weight excluding hydrogens is 1130 g/mol. The highest BCUT2D eigenvalue weighted by molar-refractivity contribution is 5.96. The van der Waals surface area contributed by atoms with Crippen molar-refractivity contribution < 1.29 is 52.6 Å². The molecular formula is C64H109N13O11. The van der Waals surface area contributed by atoms with E-state index >= 15 is 0 Å². The van der Waals surface area contributed by atoms with Gasteiger partial charge in [-0.1, -0.05) is 119 Å². The summed E-state index contributed by atoms with van der Waals surface area (Å²) in [6.45, 7) is 20.7. The second-order valence-electron chi connectivity index (χ2n) is 25.4. The molecule has 24 heteroatoms. The SMILES string of the molecule is CCCCCCCNC(=O)C1CCN(C(=O)CCC(=O)N[C@H](C(=O)NCC(=O)Nc2ccc(C[C@@H](CN=[N+]=[N-])NC(=O)C(C)C(OC)[C@@H]3CCCN3C(=O)C[C@@H](OC)C([C@@H](C)CC)N(C)C(=O)[C@@H](NC(=O)[C@H](C(C)C)N(C)C)C(C)C)cc2)C(C)C)CC1. The third-order valence-electron chi connectivity index (χ3n) is 17.4. The van der Waals surface area contributed by atoms with Gasteiger partial charge >= 0.3 is 0 Å². The van der Waals surface area contributed by atoms with E-state index in [1.165, 1.54) is 27.1 Å². The van der Waals surface area contributed by atoms with Gasteiger partial charge in [0.1, 0.15) is 12.1 Å². The second kappa shape index (κ2) is 38.9. The van der Waals surface area contributed by atoms with Crippen molar-refractivity contribution in [2.24, 2.45) is 40.6 Å². The monoisotopic (exact) mass is 1240 g/mol. The minimum Gasteiger partial charge on any atom is -0.379 e. The molecule has 2 heterocycles. The number of rotatable bonds is 38. The molecule has 0 aliphatic carbocycles. The number of likely N-dealkylation sites (N-methyl/N-ethyl adjacent to an activating group) is 2. The molecule has 0 saturated carbocycles. The molecule has 3 unspecified atom stereocenters. The summed E-state index contributed by atoms with van der Waals surface area (Å²) in [5, 5.41) is 20.9. The van der Waals surface area contributed by atoms with Gasteiger partial charge in [-0.15, -0.1) is 0 Å². The molecule has 10 atom stereocenters. The number of amides is 9. The number of nitrogens with one attached hydrogen (secondary N) is 6. The Kier molecular flexibility index (Phi) is 33.6. The molecule has 24 nitrogen and oxygen atoms in total. The maximum Gasteiger partial charge on any atom is 0.245 e. The molecule has 88 heavy (non-hydrogen) atoms. The lowest BCUT2D eigenvalue weighted by Crippen LogP contribution is -2.59. The van der Waals surface area contributed by atoms with Crippen LogP contribution in [0.15, 0.2) is 29.4 Å². The van der Waals surface area contributed by atoms with Gasteiger partial charge in [0.2, 0.25) is 53.2 Å². The van der Waals surface area contributed by atoms with E-state index in [2.05, 4.69) is 48.9 Å². The van der Waals surface area contributed by atoms with Crippen LogP contribution >= 0.6 is 0 Å². The number of carbonyl (C=O) groups excluding carboxylic acids is 9. The van der Waals surface area contributed by atoms with Gasteiger partial charge in [0.05, 0.1) is 49.2 Å². The molecule has 0 aromatic heterocycles. The number of carbonyl (C=O) groups is 9. The summed E-state index contributed by atoms with van der Waals surface area (Å²) in [6.07, 6.45) is 7.28. The number of hydrogen-bond acceptors (Lipinski definition) is 13. The summed E-state index contributed by atoms with van der Waals surface area (Å²) in [6, 6.07) is 3.00. The Morgan fingerprint density at radius 1 is 0.716 bits per heavy atom. The average Bonchev–Trinajstić information content (AvgIpc) is 2.55. The Hall–Kier alpha value is -6.36. The predicted octanol–water partition coefficient (Wildman–Crippen LogP) is 5.97. The standard InChI is InChI=1S/C64H109N13O11/c1-16-18-19-20-21-32-66-61(83)46-30-34-76(35-31-46)53(80)29-28-51(78)71-55(40(3)4)62(84)67-39-52(79)69-47-26-24-45(25-27-47)36-48(38-68-73-65)70-60(82)44(10)59(88-15)49-23-22-33-77(49)54(81)37-50(87-14)58(43(9)17-2)75(13)64(86)56(41(5)6)72-63(85)57(42(7)8)74(11)12/h24-27,40-44,46,48-50,55-59H,16-23,28-39H2,1-15H3,(H,66,83)(H,67,84)(H,69,79)(H,70,82)(H,71,78)(H,72,85)/t43-,44?,48-,49-,50+,55-,56-,57-,58?,59?/m0/s1. The number of likely N-dealkylation sites (tertiary alicyclic amines) is 2. The molecule has 0 spiro atoms. The lowest BCUT2D eigenvalue weighted by Gasteiger charge is -2.41. The molecule has 496 valence electrons. The molecule has 2 fully saturated rings. The third kappa shape index (κ3) is 23.9. The third-order valence-corrected chi connectivity index (χ3v) is 17.4. The van der Waals surface area contributed by atoms with Crippen LogP contribution < -0.4 is 31.9 Å². The molecule has 2 aliphatic heterocycles. The quantitative estimate of drug-likeness (QED) is 0.0193. The predicted molar refractivity (Wildman–Crippen MR) is 340 cm³/mol. The Bertz CT molecular complexity index is 2440. The zero-order valence-electron chi connectivity index (χ0n) is 55.7. The molecule has 6 N–H and O–H groups in total. The number of methoxy groups -OCH3 is 2. The van der Waals surface area contributed by atoms with E-state index in [1.54, 1.807) is 66.8 Å². The minimum atomic E-state index is -0.959. The second-order valence-corrected chi connectivity index (χ2v) is 25.4. The molecule has 9 amide bonds. The van der Waals surface area contributed by atoms with Crippen LogP contribution in [-0.2, 0) is 59.0 Å². The van der Waals surface area contributed by atoms with Gasteiger partial charge in [-0.05, 0) is 99.5 Å². The van der Waals surface area contributed by atoms with Gasteiger partial charge in [-0.3, -0.25) is 48.1 Å². The van der Waals surface area contributed by atoms with E-state index in [-0.39, 0.29) is 104 Å². The lowest BCUT2D eigenvalue weighted by molar-refractivity contribution is -0.148. The number of nitrogens with zero attached hydrogens (tertiary/aromatic N) is 7. The van der Waals surface area contributed by atoms with Gasteiger partial charge in [0.15, 0.2) is 0 Å². The lowest BCUT2D eigenvalue weighted by atomic mass is 9.89. The van der Waals surface area contributed by atoms with Crippen molar-refractivity contribution in [1.82, 2.24) is 46.2 Å². The molecule has 1 aromatic rings. The van der Waals surface area contributed by atoms with Crippen LogP contribution in [0.2, 0.25) is 0 Å². The van der Waals surface area contributed by atoms with Crippen LogP contribution in [0.25, 0.3) is 10.4 Å². The zero-order chi connectivity index (χ0) is 65.8. The van der Waals surface area contributed by atoms with Gasteiger partial charge < -0.3 is 56.1 Å². The van der Waals surface area contributed by atoms with Gasteiger partial charge in [-0.25, -0.2) is 0 Å². The molecule has 2 aliphatic rings. The van der Waals surface area contributed by atoms with E-state index in [4.69, 9.17) is 9.47 Å². The number of anilines is 1. The summed E-state index contributed by atoms with van der Waals surface area (Å²) in [5.41, 5.74) is 10.5. The zero-order valence-corrected chi connectivity index (χ0v) is 55.7. The highest BCUT2D eigenvalue weighted by atomic mass is 16.5. The maximum atomic E-state index is 14.5.